The van der Waals surface area contributed by atoms with Gasteiger partial charge in [0.25, 0.3) is 5.91 Å². The maximum absolute atomic E-state index is 11.2. The van der Waals surface area contributed by atoms with Gasteiger partial charge in [0, 0.05) is 11.9 Å². The Kier molecular flexibility index (Phi) is 1.70. The van der Waals surface area contributed by atoms with Gasteiger partial charge in [-0.1, -0.05) is 18.2 Å². The third-order valence-electron chi connectivity index (χ3n) is 1.90. The van der Waals surface area contributed by atoms with Gasteiger partial charge in [-0.25, -0.2) is 0 Å². The minimum absolute atomic E-state index is 0.226. The van der Waals surface area contributed by atoms with Gasteiger partial charge >= 0.3 is 0 Å². The van der Waals surface area contributed by atoms with E-state index in [2.05, 4.69) is 0 Å². The topological polar surface area (TPSA) is 37.4 Å². The van der Waals surface area contributed by atoms with Gasteiger partial charge in [0.1, 0.15) is 0 Å². The van der Waals surface area contributed by atoms with Crippen LogP contribution in [-0.2, 0) is 9.59 Å². The van der Waals surface area contributed by atoms with Gasteiger partial charge in [0.2, 0.25) is 0 Å². The maximum atomic E-state index is 11.2. The highest BCUT2D eigenvalue weighted by Crippen LogP contribution is 2.22. The summed E-state index contributed by atoms with van der Waals surface area (Å²) in [6.07, 6.45) is 2.10. The number of para-hydroxylation sites is 1. The lowest BCUT2D eigenvalue weighted by Gasteiger charge is -2.26. The number of aldehydes is 1. The number of rotatable bonds is 2. The molecule has 1 aromatic carbocycles. The van der Waals surface area contributed by atoms with Gasteiger partial charge < -0.3 is 0 Å². The molecule has 3 nitrogen and oxygen atoms in total. The minimum Gasteiger partial charge on any atom is -0.298 e. The van der Waals surface area contributed by atoms with Crippen LogP contribution in [-0.4, -0.2) is 12.2 Å². The van der Waals surface area contributed by atoms with Crippen molar-refractivity contribution in [3.05, 3.63) is 42.1 Å². The average molecular weight is 173 g/mol. The van der Waals surface area contributed by atoms with Crippen molar-refractivity contribution in [3.63, 3.8) is 0 Å². The normalized spacial score (nSPS) is 14.9. The first-order chi connectivity index (χ1) is 6.33. The van der Waals surface area contributed by atoms with Gasteiger partial charge in [-0.15, -0.1) is 0 Å². The van der Waals surface area contributed by atoms with Crippen LogP contribution in [0.15, 0.2) is 42.1 Å². The van der Waals surface area contributed by atoms with E-state index in [1.807, 2.05) is 30.3 Å². The third-order valence-corrected chi connectivity index (χ3v) is 1.90. The Morgan fingerprint density at radius 1 is 1.15 bits per heavy atom. The summed E-state index contributed by atoms with van der Waals surface area (Å²) < 4.78 is 0. The number of carbonyl (C=O) groups excluding carboxylic acids is 2. The highest BCUT2D eigenvalue weighted by molar-refractivity contribution is 6.24. The smallest absolute Gasteiger partial charge is 0.267 e. The Morgan fingerprint density at radius 3 is 2.38 bits per heavy atom. The summed E-state index contributed by atoms with van der Waals surface area (Å²) in [4.78, 5) is 22.9. The predicted molar refractivity (Wildman–Crippen MR) is 48.1 cm³/mol. The lowest BCUT2D eigenvalue weighted by atomic mass is 10.1. The predicted octanol–water partition coefficient (Wildman–Crippen LogP) is 1.12. The standard InChI is InChI=1S/C10H7NO2/c12-7-8-6-11(10(8)13)9-4-2-1-3-5-9/h1-7H. The molecule has 2 rings (SSSR count). The van der Waals surface area contributed by atoms with E-state index in [0.29, 0.717) is 6.29 Å². The molecule has 0 radical (unpaired) electrons. The largest absolute Gasteiger partial charge is 0.298 e. The molecule has 0 fully saturated rings. The van der Waals surface area contributed by atoms with Crippen molar-refractivity contribution in [2.24, 2.45) is 0 Å². The lowest BCUT2D eigenvalue weighted by Crippen LogP contribution is -2.36. The second-order valence-corrected chi connectivity index (χ2v) is 2.71. The second-order valence-electron chi connectivity index (χ2n) is 2.71. The fourth-order valence-electron chi connectivity index (χ4n) is 1.19. The van der Waals surface area contributed by atoms with Crippen LogP contribution in [0.2, 0.25) is 0 Å². The fraction of sp³-hybridized carbons (Fsp3) is 0. The van der Waals surface area contributed by atoms with Crippen molar-refractivity contribution in [2.45, 2.75) is 0 Å². The third kappa shape index (κ3) is 1.14. The molecular formula is C10H7NO2. The zero-order chi connectivity index (χ0) is 9.26. The van der Waals surface area contributed by atoms with Crippen molar-refractivity contribution < 1.29 is 9.59 Å². The summed E-state index contributed by atoms with van der Waals surface area (Å²) in [6, 6.07) is 9.19. The Bertz CT molecular complexity index is 381. The molecule has 0 aromatic heterocycles. The molecule has 1 amide bonds. The van der Waals surface area contributed by atoms with Gasteiger partial charge in [0.15, 0.2) is 6.29 Å². The zero-order valence-electron chi connectivity index (χ0n) is 6.81. The first-order valence-electron chi connectivity index (χ1n) is 3.88. The molecule has 13 heavy (non-hydrogen) atoms. The molecule has 1 aliphatic heterocycles. The van der Waals surface area contributed by atoms with Crippen molar-refractivity contribution >= 4 is 17.9 Å². The molecule has 1 heterocycles. The number of hydrogen-bond donors (Lipinski definition) is 0. The number of anilines is 1. The molecule has 0 atom stereocenters. The quantitative estimate of drug-likeness (QED) is 0.496. The molecule has 0 spiro atoms. The molecule has 0 bridgehead atoms. The molecule has 0 aliphatic carbocycles. The van der Waals surface area contributed by atoms with Crippen LogP contribution in [0.1, 0.15) is 0 Å². The Balaban J connectivity index is 2.29. The Hall–Kier alpha value is -1.90. The molecule has 0 unspecified atom stereocenters. The summed E-state index contributed by atoms with van der Waals surface area (Å²) >= 11 is 0. The van der Waals surface area contributed by atoms with E-state index in [1.165, 1.54) is 11.1 Å². The second kappa shape index (κ2) is 2.86. The zero-order valence-corrected chi connectivity index (χ0v) is 6.81. The maximum Gasteiger partial charge on any atom is 0.267 e. The summed E-state index contributed by atoms with van der Waals surface area (Å²) in [5.41, 5.74) is 1.02. The molecule has 0 saturated heterocycles. The van der Waals surface area contributed by atoms with Gasteiger partial charge in [-0.2, -0.15) is 0 Å². The summed E-state index contributed by atoms with van der Waals surface area (Å²) in [5, 5.41) is 0. The molecule has 0 N–H and O–H groups in total. The van der Waals surface area contributed by atoms with Crippen molar-refractivity contribution in [2.75, 3.05) is 4.90 Å². The minimum atomic E-state index is -0.235. The number of hydrogen-bond acceptors (Lipinski definition) is 2. The van der Waals surface area contributed by atoms with E-state index in [4.69, 9.17) is 0 Å². The highest BCUT2D eigenvalue weighted by atomic mass is 16.2. The summed E-state index contributed by atoms with van der Waals surface area (Å²) in [7, 11) is 0. The molecule has 0 saturated carbocycles. The van der Waals surface area contributed by atoms with Gasteiger partial charge in [-0.05, 0) is 12.1 Å². The Labute approximate surface area is 75.3 Å². The van der Waals surface area contributed by atoms with E-state index >= 15 is 0 Å². The van der Waals surface area contributed by atoms with E-state index in [9.17, 15) is 9.59 Å². The number of amides is 1. The van der Waals surface area contributed by atoms with Crippen LogP contribution < -0.4 is 4.90 Å². The fourth-order valence-corrected chi connectivity index (χ4v) is 1.19. The monoisotopic (exact) mass is 173 g/mol. The first kappa shape index (κ1) is 7.73. The molecule has 3 heteroatoms. The molecule has 1 aromatic rings. The van der Waals surface area contributed by atoms with Crippen LogP contribution in [0.5, 0.6) is 0 Å². The van der Waals surface area contributed by atoms with Crippen LogP contribution in [0, 0.1) is 0 Å². The lowest BCUT2D eigenvalue weighted by molar-refractivity contribution is -0.118. The van der Waals surface area contributed by atoms with Crippen molar-refractivity contribution in [1.82, 2.24) is 0 Å². The van der Waals surface area contributed by atoms with Crippen LogP contribution in [0.25, 0.3) is 0 Å². The Morgan fingerprint density at radius 2 is 1.85 bits per heavy atom. The summed E-state index contributed by atoms with van der Waals surface area (Å²) in [5.74, 6) is -0.235. The summed E-state index contributed by atoms with van der Waals surface area (Å²) in [6.45, 7) is 0. The van der Waals surface area contributed by atoms with E-state index in [0.717, 1.165) is 5.69 Å². The van der Waals surface area contributed by atoms with E-state index < -0.39 is 0 Å². The first-order valence-corrected chi connectivity index (χ1v) is 3.88. The van der Waals surface area contributed by atoms with Crippen LogP contribution in [0.3, 0.4) is 0 Å². The molecule has 64 valence electrons. The van der Waals surface area contributed by atoms with Crippen LogP contribution >= 0.6 is 0 Å². The number of carbonyl (C=O) groups is 2. The number of nitrogens with zero attached hydrogens (tertiary/aromatic N) is 1. The molecular weight excluding hydrogens is 166 g/mol. The van der Waals surface area contributed by atoms with Gasteiger partial charge in [-0.3, -0.25) is 14.5 Å². The van der Waals surface area contributed by atoms with Gasteiger partial charge in [0.05, 0.1) is 5.57 Å². The van der Waals surface area contributed by atoms with Crippen LogP contribution in [0.4, 0.5) is 5.69 Å². The SMILES string of the molecule is O=CC1=CN(c2ccccc2)C1=O. The van der Waals surface area contributed by atoms with E-state index in [1.54, 1.807) is 0 Å². The van der Waals surface area contributed by atoms with Crippen molar-refractivity contribution in [1.29, 1.82) is 0 Å². The average Bonchev–Trinajstić information content (AvgIpc) is 2.18. The number of benzene rings is 1. The highest BCUT2D eigenvalue weighted by Gasteiger charge is 2.27. The van der Waals surface area contributed by atoms with E-state index in [-0.39, 0.29) is 11.5 Å². The molecule has 1 aliphatic rings. The van der Waals surface area contributed by atoms with Crippen molar-refractivity contribution in [3.8, 4) is 0 Å².